The Bertz CT molecular complexity index is 736. The Morgan fingerprint density at radius 1 is 0.783 bits per heavy atom. The molecule has 1 unspecified atom stereocenters. The highest BCUT2D eigenvalue weighted by Crippen LogP contribution is 2.42. The average molecular weight is 312 g/mol. The van der Waals surface area contributed by atoms with E-state index in [1.807, 2.05) is 52.0 Å². The van der Waals surface area contributed by atoms with Crippen LogP contribution in [0.4, 0.5) is 0 Å². The first-order valence-electron chi connectivity index (χ1n) is 8.16. The van der Waals surface area contributed by atoms with Crippen LogP contribution < -0.4 is 0 Å². The summed E-state index contributed by atoms with van der Waals surface area (Å²) < 4.78 is 0. The number of phenols is 2. The number of benzene rings is 2. The second-order valence-electron chi connectivity index (χ2n) is 7.74. The van der Waals surface area contributed by atoms with Crippen molar-refractivity contribution in [3.05, 3.63) is 57.6 Å². The molecule has 0 bridgehead atoms. The average Bonchev–Trinajstić information content (AvgIpc) is 2.43. The Balaban J connectivity index is 2.65. The Kier molecular flexibility index (Phi) is 4.48. The molecule has 2 heteroatoms. The first-order valence-corrected chi connectivity index (χ1v) is 8.16. The highest BCUT2D eigenvalue weighted by molar-refractivity contribution is 5.54. The third kappa shape index (κ3) is 3.36. The van der Waals surface area contributed by atoms with Crippen LogP contribution in [-0.2, 0) is 5.41 Å². The minimum absolute atomic E-state index is 0.0744. The highest BCUT2D eigenvalue weighted by Gasteiger charge is 2.24. The molecule has 0 aliphatic rings. The number of aromatic hydroxyl groups is 2. The van der Waals surface area contributed by atoms with Crippen molar-refractivity contribution >= 4 is 0 Å². The van der Waals surface area contributed by atoms with E-state index in [2.05, 4.69) is 20.8 Å². The predicted octanol–water partition coefficient (Wildman–Crippen LogP) is 5.47. The van der Waals surface area contributed by atoms with Crippen LogP contribution in [0.15, 0.2) is 24.3 Å². The number of hydrogen-bond acceptors (Lipinski definition) is 2. The second kappa shape index (κ2) is 5.92. The summed E-state index contributed by atoms with van der Waals surface area (Å²) in [5.74, 6) is 0.588. The van der Waals surface area contributed by atoms with Gasteiger partial charge in [0.1, 0.15) is 11.5 Å². The van der Waals surface area contributed by atoms with Gasteiger partial charge in [-0.3, -0.25) is 0 Å². The van der Waals surface area contributed by atoms with Crippen LogP contribution in [0.3, 0.4) is 0 Å². The third-order valence-corrected chi connectivity index (χ3v) is 4.50. The predicted molar refractivity (Wildman–Crippen MR) is 96.6 cm³/mol. The van der Waals surface area contributed by atoms with E-state index in [-0.39, 0.29) is 11.3 Å². The number of aryl methyl sites for hydroxylation is 3. The molecule has 0 spiro atoms. The summed E-state index contributed by atoms with van der Waals surface area (Å²) in [6, 6.07) is 8.05. The normalized spacial score (nSPS) is 13.2. The Morgan fingerprint density at radius 3 is 1.78 bits per heavy atom. The van der Waals surface area contributed by atoms with E-state index >= 15 is 0 Å². The van der Waals surface area contributed by atoms with Crippen LogP contribution in [-0.4, -0.2) is 10.2 Å². The van der Waals surface area contributed by atoms with Gasteiger partial charge in [0.05, 0.1) is 0 Å². The molecule has 2 nitrogen and oxygen atoms in total. The number of rotatable bonds is 2. The third-order valence-electron chi connectivity index (χ3n) is 4.50. The lowest BCUT2D eigenvalue weighted by Gasteiger charge is -2.25. The van der Waals surface area contributed by atoms with Gasteiger partial charge >= 0.3 is 0 Å². The molecule has 0 heterocycles. The molecule has 2 aromatic rings. The molecule has 0 saturated heterocycles. The molecule has 0 fully saturated rings. The number of hydrogen-bond donors (Lipinski definition) is 2. The van der Waals surface area contributed by atoms with E-state index in [0.717, 1.165) is 33.4 Å². The van der Waals surface area contributed by atoms with Gasteiger partial charge in [0.2, 0.25) is 0 Å². The zero-order valence-corrected chi connectivity index (χ0v) is 15.3. The summed E-state index contributed by atoms with van der Waals surface area (Å²) in [6.45, 7) is 14.3. The molecule has 2 N–H and O–H groups in total. The van der Waals surface area contributed by atoms with Crippen LogP contribution in [0.25, 0.3) is 0 Å². The standard InChI is InChI=1S/C21H28O2/c1-12-8-14(3)19(22)16(9-12)15(4)17-10-13(2)11-18(20(17)23)21(5,6)7/h8-11,15,22-23H,1-7H3. The summed E-state index contributed by atoms with van der Waals surface area (Å²) in [7, 11) is 0. The van der Waals surface area contributed by atoms with E-state index in [0.29, 0.717) is 11.5 Å². The van der Waals surface area contributed by atoms with Gasteiger partial charge in [-0.1, -0.05) is 63.1 Å². The van der Waals surface area contributed by atoms with Gasteiger partial charge in [-0.25, -0.2) is 0 Å². The molecule has 124 valence electrons. The van der Waals surface area contributed by atoms with Gasteiger partial charge in [-0.2, -0.15) is 0 Å². The van der Waals surface area contributed by atoms with E-state index in [9.17, 15) is 10.2 Å². The molecule has 0 saturated carbocycles. The topological polar surface area (TPSA) is 40.5 Å². The van der Waals surface area contributed by atoms with Crippen molar-refractivity contribution in [2.24, 2.45) is 0 Å². The SMILES string of the molecule is Cc1cc(C)c(O)c(C(C)c2cc(C)cc(C(C)(C)C)c2O)c1. The number of phenolic OH excluding ortho intramolecular Hbond substituents is 2. The summed E-state index contributed by atoms with van der Waals surface area (Å²) in [4.78, 5) is 0. The zero-order chi connectivity index (χ0) is 17.5. The maximum absolute atomic E-state index is 10.8. The van der Waals surface area contributed by atoms with Crippen LogP contribution in [0, 0.1) is 20.8 Å². The van der Waals surface area contributed by atoms with Gasteiger partial charge < -0.3 is 10.2 Å². The molecule has 0 aliphatic heterocycles. The molecule has 2 aromatic carbocycles. The van der Waals surface area contributed by atoms with Crippen LogP contribution >= 0.6 is 0 Å². The van der Waals surface area contributed by atoms with Gasteiger partial charge in [0.25, 0.3) is 0 Å². The van der Waals surface area contributed by atoms with Crippen molar-refractivity contribution < 1.29 is 10.2 Å². The minimum Gasteiger partial charge on any atom is -0.507 e. The first kappa shape index (κ1) is 17.4. The van der Waals surface area contributed by atoms with Crippen molar-refractivity contribution in [1.29, 1.82) is 0 Å². The van der Waals surface area contributed by atoms with Crippen LogP contribution in [0.2, 0.25) is 0 Å². The molecule has 23 heavy (non-hydrogen) atoms. The molecule has 0 amide bonds. The Hall–Kier alpha value is -1.96. The van der Waals surface area contributed by atoms with Crippen LogP contribution in [0.5, 0.6) is 11.5 Å². The van der Waals surface area contributed by atoms with Gasteiger partial charge in [-0.05, 0) is 37.3 Å². The van der Waals surface area contributed by atoms with E-state index in [4.69, 9.17) is 0 Å². The van der Waals surface area contributed by atoms with E-state index in [1.165, 1.54) is 0 Å². The lowest BCUT2D eigenvalue weighted by atomic mass is 9.81. The Labute approximate surface area is 139 Å². The van der Waals surface area contributed by atoms with E-state index in [1.54, 1.807) is 0 Å². The lowest BCUT2D eigenvalue weighted by Crippen LogP contribution is -2.13. The fourth-order valence-corrected chi connectivity index (χ4v) is 3.20. The van der Waals surface area contributed by atoms with Crippen molar-refractivity contribution in [2.45, 2.75) is 59.8 Å². The summed E-state index contributed by atoms with van der Waals surface area (Å²) in [5.41, 5.74) is 5.66. The maximum atomic E-state index is 10.8. The second-order valence-corrected chi connectivity index (χ2v) is 7.74. The first-order chi connectivity index (χ1) is 10.5. The van der Waals surface area contributed by atoms with Gasteiger partial charge in [-0.15, -0.1) is 0 Å². The van der Waals surface area contributed by atoms with Gasteiger partial charge in [0.15, 0.2) is 0 Å². The molecule has 0 aromatic heterocycles. The Morgan fingerprint density at radius 2 is 1.26 bits per heavy atom. The molecular weight excluding hydrogens is 284 g/mol. The largest absolute Gasteiger partial charge is 0.507 e. The fraction of sp³-hybridized carbons (Fsp3) is 0.429. The molecule has 1 atom stereocenters. The smallest absolute Gasteiger partial charge is 0.123 e. The van der Waals surface area contributed by atoms with Crippen molar-refractivity contribution in [3.8, 4) is 11.5 Å². The summed E-state index contributed by atoms with van der Waals surface area (Å²) in [6.07, 6.45) is 0. The maximum Gasteiger partial charge on any atom is 0.123 e. The van der Waals surface area contributed by atoms with Crippen molar-refractivity contribution in [2.75, 3.05) is 0 Å². The summed E-state index contributed by atoms with van der Waals surface area (Å²) >= 11 is 0. The van der Waals surface area contributed by atoms with E-state index < -0.39 is 0 Å². The monoisotopic (exact) mass is 312 g/mol. The highest BCUT2D eigenvalue weighted by atomic mass is 16.3. The molecule has 0 radical (unpaired) electrons. The van der Waals surface area contributed by atoms with Crippen LogP contribution in [0.1, 0.15) is 67.0 Å². The quantitative estimate of drug-likeness (QED) is 0.771. The molecule has 0 aliphatic carbocycles. The van der Waals surface area contributed by atoms with Gasteiger partial charge in [0, 0.05) is 17.0 Å². The molecule has 2 rings (SSSR count). The summed E-state index contributed by atoms with van der Waals surface area (Å²) in [5, 5.41) is 21.3. The lowest BCUT2D eigenvalue weighted by molar-refractivity contribution is 0.435. The minimum atomic E-state index is -0.130. The van der Waals surface area contributed by atoms with Crippen molar-refractivity contribution in [1.82, 2.24) is 0 Å². The van der Waals surface area contributed by atoms with Crippen molar-refractivity contribution in [3.63, 3.8) is 0 Å². The molecular formula is C21H28O2. The zero-order valence-electron chi connectivity index (χ0n) is 15.3. The fourth-order valence-electron chi connectivity index (χ4n) is 3.20.